The molecule has 242 valence electrons. The van der Waals surface area contributed by atoms with Crippen LogP contribution in [0.4, 0.5) is 21.7 Å². The lowest BCUT2D eigenvalue weighted by molar-refractivity contribution is 0.0940. The molecule has 4 aliphatic rings. The molecule has 0 radical (unpaired) electrons. The Morgan fingerprint density at radius 3 is 2.41 bits per heavy atom. The van der Waals surface area contributed by atoms with E-state index in [1.165, 1.54) is 24.5 Å². The molecule has 0 bridgehead atoms. The van der Waals surface area contributed by atoms with Gasteiger partial charge in [-0.1, -0.05) is 25.1 Å². The summed E-state index contributed by atoms with van der Waals surface area (Å²) in [5.74, 6) is 0.158. The zero-order chi connectivity index (χ0) is 32.0. The van der Waals surface area contributed by atoms with Crippen LogP contribution >= 0.6 is 0 Å². The summed E-state index contributed by atoms with van der Waals surface area (Å²) in [6, 6.07) is 14.3. The fraction of sp³-hybridized carbons (Fsp3) is 0.514. The number of likely N-dealkylation sites (tertiary alicyclic amines) is 1. The Morgan fingerprint density at radius 2 is 1.76 bits per heavy atom. The van der Waals surface area contributed by atoms with Crippen LogP contribution in [0, 0.1) is 11.7 Å². The van der Waals surface area contributed by atoms with Crippen molar-refractivity contribution in [1.82, 2.24) is 14.9 Å². The summed E-state index contributed by atoms with van der Waals surface area (Å²) in [4.78, 5) is 39.6. The Bertz CT molecular complexity index is 1610. The van der Waals surface area contributed by atoms with Gasteiger partial charge in [-0.05, 0) is 124 Å². The highest BCUT2D eigenvalue weighted by molar-refractivity contribution is 5.97. The number of hydrogen-bond acceptors (Lipinski definition) is 7. The lowest BCUT2D eigenvalue weighted by Gasteiger charge is -2.40. The number of anilines is 3. The second-order valence-corrected chi connectivity index (χ2v) is 14.3. The third kappa shape index (κ3) is 6.39. The second-order valence-electron chi connectivity index (χ2n) is 14.3. The van der Waals surface area contributed by atoms with E-state index in [0.29, 0.717) is 17.6 Å². The van der Waals surface area contributed by atoms with Gasteiger partial charge >= 0.3 is 0 Å². The number of hydrogen-bond donors (Lipinski definition) is 2. The van der Waals surface area contributed by atoms with Gasteiger partial charge in [-0.25, -0.2) is 14.4 Å². The summed E-state index contributed by atoms with van der Waals surface area (Å²) in [7, 11) is 0. The number of ketones is 1. The van der Waals surface area contributed by atoms with E-state index < -0.39 is 11.7 Å². The van der Waals surface area contributed by atoms with Crippen molar-refractivity contribution in [2.24, 2.45) is 11.7 Å². The largest absolute Gasteiger partial charge is 0.364 e. The van der Waals surface area contributed by atoms with Crippen LogP contribution in [0.15, 0.2) is 48.7 Å². The number of Topliss-reactive ketones (excluding diaryl/α,β-unsaturated/α-hetero) is 1. The van der Waals surface area contributed by atoms with E-state index in [1.54, 1.807) is 12.3 Å². The standard InChI is InChI=1S/C37H45FN6O2/c1-23-25(21-32(45)30-14-7-26(20-31(30)38)24-5-6-24)4-3-17-44(23)33-22-40-34(35(39)46)36(42-33)41-28-10-8-27(9-11-28)37(2)15-18-43(19-16-37)29-12-13-29/h7-11,14,20,22-25,29H,3-6,12-13,15-19,21H2,1-2H3,(H2,39,46)(H,41,42)/t23-,25+/m1/s1. The van der Waals surface area contributed by atoms with Gasteiger partial charge in [0.1, 0.15) is 11.6 Å². The lowest BCUT2D eigenvalue weighted by atomic mass is 9.74. The smallest absolute Gasteiger partial charge is 0.271 e. The van der Waals surface area contributed by atoms with Crippen LogP contribution in [0.3, 0.4) is 0 Å². The molecular formula is C37H45FN6O2. The number of benzene rings is 2. The topological polar surface area (TPSA) is 104 Å². The number of halogens is 1. The number of amides is 1. The third-order valence-corrected chi connectivity index (χ3v) is 11.0. The first-order valence-electron chi connectivity index (χ1n) is 17.1. The van der Waals surface area contributed by atoms with E-state index in [9.17, 15) is 14.0 Å². The number of aromatic nitrogens is 2. The van der Waals surface area contributed by atoms with Crippen LogP contribution in [-0.4, -0.2) is 58.3 Å². The molecule has 2 aromatic carbocycles. The summed E-state index contributed by atoms with van der Waals surface area (Å²) in [6.07, 6.45) is 10.8. The molecular weight excluding hydrogens is 579 g/mol. The minimum Gasteiger partial charge on any atom is -0.364 e. The summed E-state index contributed by atoms with van der Waals surface area (Å²) >= 11 is 0. The second kappa shape index (κ2) is 12.4. The van der Waals surface area contributed by atoms with Crippen LogP contribution < -0.4 is 16.0 Å². The van der Waals surface area contributed by atoms with Gasteiger partial charge in [-0.15, -0.1) is 0 Å². The van der Waals surface area contributed by atoms with Gasteiger partial charge in [0.2, 0.25) is 0 Å². The molecule has 0 spiro atoms. The summed E-state index contributed by atoms with van der Waals surface area (Å²) in [6.45, 7) is 7.49. The first-order valence-corrected chi connectivity index (χ1v) is 17.1. The molecule has 0 unspecified atom stereocenters. The Morgan fingerprint density at radius 1 is 1.02 bits per heavy atom. The molecule has 2 aliphatic carbocycles. The van der Waals surface area contributed by atoms with Crippen molar-refractivity contribution < 1.29 is 14.0 Å². The van der Waals surface area contributed by atoms with E-state index in [4.69, 9.17) is 10.7 Å². The Labute approximate surface area is 271 Å². The van der Waals surface area contributed by atoms with Gasteiger partial charge < -0.3 is 20.9 Å². The van der Waals surface area contributed by atoms with Gasteiger partial charge in [0.25, 0.3) is 5.91 Å². The summed E-state index contributed by atoms with van der Waals surface area (Å²) in [5.41, 5.74) is 9.23. The monoisotopic (exact) mass is 624 g/mol. The maximum absolute atomic E-state index is 14.9. The zero-order valence-corrected chi connectivity index (χ0v) is 27.0. The van der Waals surface area contributed by atoms with Crippen LogP contribution in [0.2, 0.25) is 0 Å². The van der Waals surface area contributed by atoms with Crippen molar-refractivity contribution in [3.63, 3.8) is 0 Å². The molecule has 2 saturated carbocycles. The quantitative estimate of drug-likeness (QED) is 0.241. The number of rotatable bonds is 10. The van der Waals surface area contributed by atoms with E-state index in [1.807, 2.05) is 18.2 Å². The molecule has 46 heavy (non-hydrogen) atoms. The first-order chi connectivity index (χ1) is 22.2. The van der Waals surface area contributed by atoms with E-state index >= 15 is 0 Å². The van der Waals surface area contributed by atoms with Crippen molar-refractivity contribution in [3.8, 4) is 0 Å². The maximum atomic E-state index is 14.9. The molecule has 2 atom stereocenters. The fourth-order valence-electron chi connectivity index (χ4n) is 7.58. The van der Waals surface area contributed by atoms with Crippen LogP contribution in [0.5, 0.6) is 0 Å². The SMILES string of the molecule is C[C@@H]1[C@H](CC(=O)c2ccc(C3CC3)cc2F)CCCN1c1cnc(C(N)=O)c(Nc2ccc(C3(C)CCN(C4CC4)CC3)cc2)n1. The molecule has 1 aromatic heterocycles. The molecule has 9 heteroatoms. The molecule has 2 aliphatic heterocycles. The Balaban J connectivity index is 1.04. The minimum absolute atomic E-state index is 0.0283. The minimum atomic E-state index is -0.655. The van der Waals surface area contributed by atoms with Gasteiger partial charge in [0.15, 0.2) is 17.3 Å². The number of nitrogens with two attached hydrogens (primary N) is 1. The van der Waals surface area contributed by atoms with Gasteiger partial charge in [-0.3, -0.25) is 9.59 Å². The van der Waals surface area contributed by atoms with Gasteiger partial charge in [0.05, 0.1) is 11.8 Å². The van der Waals surface area contributed by atoms with Crippen molar-refractivity contribution in [2.75, 3.05) is 29.9 Å². The molecule has 8 nitrogen and oxygen atoms in total. The molecule has 2 saturated heterocycles. The van der Waals surface area contributed by atoms with Crippen LogP contribution in [0.25, 0.3) is 0 Å². The van der Waals surface area contributed by atoms with E-state index in [0.717, 1.165) is 75.5 Å². The fourth-order valence-corrected chi connectivity index (χ4v) is 7.58. The number of piperidine rings is 2. The summed E-state index contributed by atoms with van der Waals surface area (Å²) < 4.78 is 14.9. The van der Waals surface area contributed by atoms with Crippen LogP contribution in [0.1, 0.15) is 110 Å². The highest BCUT2D eigenvalue weighted by Gasteiger charge is 2.37. The van der Waals surface area contributed by atoms with Crippen molar-refractivity contribution in [3.05, 3.63) is 76.9 Å². The first kappa shape index (κ1) is 30.8. The summed E-state index contributed by atoms with van der Waals surface area (Å²) in [5, 5.41) is 3.30. The molecule has 3 N–H and O–H groups in total. The average molecular weight is 625 g/mol. The normalized spacial score (nSPS) is 23.2. The predicted molar refractivity (Wildman–Crippen MR) is 178 cm³/mol. The molecule has 4 fully saturated rings. The third-order valence-electron chi connectivity index (χ3n) is 11.0. The Kier molecular flexibility index (Phi) is 8.30. The highest BCUT2D eigenvalue weighted by atomic mass is 19.1. The lowest BCUT2D eigenvalue weighted by Crippen LogP contribution is -2.44. The number of carbonyl (C=O) groups excluding carboxylic acids is 2. The van der Waals surface area contributed by atoms with Crippen molar-refractivity contribution in [2.45, 2.75) is 95.1 Å². The zero-order valence-electron chi connectivity index (χ0n) is 27.0. The number of nitrogens with zero attached hydrogens (tertiary/aromatic N) is 4. The average Bonchev–Trinajstić information content (AvgIpc) is 3.97. The van der Waals surface area contributed by atoms with E-state index in [-0.39, 0.29) is 40.8 Å². The maximum Gasteiger partial charge on any atom is 0.271 e. The predicted octanol–water partition coefficient (Wildman–Crippen LogP) is 6.73. The Hall–Kier alpha value is -3.85. The molecule has 1 amide bonds. The van der Waals surface area contributed by atoms with E-state index in [2.05, 4.69) is 46.1 Å². The number of primary amides is 1. The number of nitrogens with one attached hydrogen (secondary N) is 1. The highest BCUT2D eigenvalue weighted by Crippen LogP contribution is 2.41. The van der Waals surface area contributed by atoms with Crippen molar-refractivity contribution in [1.29, 1.82) is 0 Å². The molecule has 3 heterocycles. The molecule has 3 aromatic rings. The number of carbonyl (C=O) groups is 2. The van der Waals surface area contributed by atoms with Crippen molar-refractivity contribution >= 4 is 29.0 Å². The van der Waals surface area contributed by atoms with Gasteiger partial charge in [-0.2, -0.15) is 0 Å². The van der Waals surface area contributed by atoms with Gasteiger partial charge in [0, 0.05) is 30.7 Å². The molecule has 7 rings (SSSR count). The van der Waals surface area contributed by atoms with Crippen LogP contribution in [-0.2, 0) is 5.41 Å².